The fourth-order valence-electron chi connectivity index (χ4n) is 2.69. The molecule has 6 nitrogen and oxygen atoms in total. The van der Waals surface area contributed by atoms with Gasteiger partial charge in [-0.2, -0.15) is 5.10 Å². The number of carbonyl (C=O) groups excluding carboxylic acids is 1. The molecule has 0 spiro atoms. The van der Waals surface area contributed by atoms with Crippen LogP contribution in [0.2, 0.25) is 0 Å². The summed E-state index contributed by atoms with van der Waals surface area (Å²) in [4.78, 5) is 12.3. The Balaban J connectivity index is 1.69. The van der Waals surface area contributed by atoms with Crippen molar-refractivity contribution < 1.29 is 19.0 Å². The number of amides is 1. The first kappa shape index (κ1) is 16.6. The summed E-state index contributed by atoms with van der Waals surface area (Å²) in [5.41, 5.74) is 0.766. The molecule has 1 aliphatic rings. The van der Waals surface area contributed by atoms with Crippen molar-refractivity contribution in [2.24, 2.45) is 0 Å². The SMILES string of the molecule is Cc1cc(C(=O)NCC2(O)CCOCC2)nn1-c1ccc(F)cc1. The second-order valence-electron chi connectivity index (χ2n) is 6.08. The summed E-state index contributed by atoms with van der Waals surface area (Å²) in [5.74, 6) is -0.676. The average molecular weight is 333 g/mol. The van der Waals surface area contributed by atoms with Crippen LogP contribution in [0.1, 0.15) is 29.0 Å². The van der Waals surface area contributed by atoms with Crippen LogP contribution in [0, 0.1) is 12.7 Å². The first-order chi connectivity index (χ1) is 11.5. The van der Waals surface area contributed by atoms with E-state index < -0.39 is 5.60 Å². The monoisotopic (exact) mass is 333 g/mol. The normalized spacial score (nSPS) is 16.8. The maximum absolute atomic E-state index is 13.0. The number of nitrogens with zero attached hydrogens (tertiary/aromatic N) is 2. The van der Waals surface area contributed by atoms with Crippen LogP contribution in [0.5, 0.6) is 0 Å². The fraction of sp³-hybridized carbons (Fsp3) is 0.412. The summed E-state index contributed by atoms with van der Waals surface area (Å²) in [7, 11) is 0. The summed E-state index contributed by atoms with van der Waals surface area (Å²) in [6, 6.07) is 7.55. The van der Waals surface area contributed by atoms with Crippen molar-refractivity contribution in [3.63, 3.8) is 0 Å². The number of rotatable bonds is 4. The molecule has 1 fully saturated rings. The van der Waals surface area contributed by atoms with Crippen molar-refractivity contribution in [2.75, 3.05) is 19.8 Å². The highest BCUT2D eigenvalue weighted by Crippen LogP contribution is 2.19. The number of nitrogens with one attached hydrogen (secondary N) is 1. The number of benzene rings is 1. The molecule has 0 atom stereocenters. The van der Waals surface area contributed by atoms with Crippen LogP contribution >= 0.6 is 0 Å². The quantitative estimate of drug-likeness (QED) is 0.891. The van der Waals surface area contributed by atoms with Crippen molar-refractivity contribution in [1.82, 2.24) is 15.1 Å². The summed E-state index contributed by atoms with van der Waals surface area (Å²) in [5, 5.41) is 17.4. The lowest BCUT2D eigenvalue weighted by Gasteiger charge is -2.31. The van der Waals surface area contributed by atoms with E-state index in [2.05, 4.69) is 10.4 Å². The van der Waals surface area contributed by atoms with Gasteiger partial charge in [-0.15, -0.1) is 0 Å². The number of ether oxygens (including phenoxy) is 1. The van der Waals surface area contributed by atoms with E-state index >= 15 is 0 Å². The smallest absolute Gasteiger partial charge is 0.271 e. The minimum Gasteiger partial charge on any atom is -0.388 e. The molecule has 7 heteroatoms. The predicted molar refractivity (Wildman–Crippen MR) is 85.6 cm³/mol. The van der Waals surface area contributed by atoms with Gasteiger partial charge in [-0.3, -0.25) is 4.79 Å². The fourth-order valence-corrected chi connectivity index (χ4v) is 2.69. The second kappa shape index (κ2) is 6.70. The highest BCUT2D eigenvalue weighted by molar-refractivity contribution is 5.92. The van der Waals surface area contributed by atoms with Gasteiger partial charge in [0.1, 0.15) is 5.82 Å². The summed E-state index contributed by atoms with van der Waals surface area (Å²) >= 11 is 0. The van der Waals surface area contributed by atoms with E-state index in [4.69, 9.17) is 4.74 Å². The third-order valence-electron chi connectivity index (χ3n) is 4.19. The molecule has 0 saturated carbocycles. The van der Waals surface area contributed by atoms with E-state index in [1.165, 1.54) is 12.1 Å². The number of aryl methyl sites for hydroxylation is 1. The van der Waals surface area contributed by atoms with E-state index in [9.17, 15) is 14.3 Å². The Kier molecular flexibility index (Phi) is 4.64. The molecular formula is C17H20FN3O3. The molecule has 1 amide bonds. The lowest BCUT2D eigenvalue weighted by molar-refractivity contribution is -0.0605. The Hall–Kier alpha value is -2.25. The Labute approximate surface area is 139 Å². The van der Waals surface area contributed by atoms with Gasteiger partial charge in [0.05, 0.1) is 11.3 Å². The molecule has 3 rings (SSSR count). The lowest BCUT2D eigenvalue weighted by Crippen LogP contribution is -2.46. The van der Waals surface area contributed by atoms with Crippen molar-refractivity contribution in [3.8, 4) is 5.69 Å². The van der Waals surface area contributed by atoms with E-state index in [0.717, 1.165) is 5.69 Å². The predicted octanol–water partition coefficient (Wildman–Crippen LogP) is 1.59. The zero-order valence-corrected chi connectivity index (χ0v) is 13.5. The number of hydrogen-bond donors (Lipinski definition) is 2. The van der Waals surface area contributed by atoms with Crippen molar-refractivity contribution >= 4 is 5.91 Å². The number of aliphatic hydroxyl groups is 1. The molecule has 0 aliphatic carbocycles. The molecule has 2 heterocycles. The lowest BCUT2D eigenvalue weighted by atomic mass is 9.94. The Morgan fingerprint density at radius 2 is 2.04 bits per heavy atom. The maximum Gasteiger partial charge on any atom is 0.271 e. The molecule has 0 radical (unpaired) electrons. The highest BCUT2D eigenvalue weighted by atomic mass is 19.1. The van der Waals surface area contributed by atoms with E-state index in [1.54, 1.807) is 22.9 Å². The van der Waals surface area contributed by atoms with Crippen molar-refractivity contribution in [3.05, 3.63) is 47.5 Å². The molecule has 1 aromatic heterocycles. The van der Waals surface area contributed by atoms with Gasteiger partial charge in [0.25, 0.3) is 5.91 Å². The average Bonchev–Trinajstić information content (AvgIpc) is 2.96. The van der Waals surface area contributed by atoms with Gasteiger partial charge in [-0.25, -0.2) is 9.07 Å². The standard InChI is InChI=1S/C17H20FN3O3/c1-12-10-15(20-21(12)14-4-2-13(18)3-5-14)16(22)19-11-17(23)6-8-24-9-7-17/h2-5,10,23H,6-9,11H2,1H3,(H,19,22). The zero-order chi connectivity index (χ0) is 17.2. The molecule has 24 heavy (non-hydrogen) atoms. The molecule has 2 aromatic rings. The van der Waals surface area contributed by atoms with Gasteiger partial charge in [0.15, 0.2) is 5.69 Å². The van der Waals surface area contributed by atoms with Crippen molar-refractivity contribution in [1.29, 1.82) is 0 Å². The molecule has 1 aromatic carbocycles. The van der Waals surface area contributed by atoms with Gasteiger partial charge in [-0.05, 0) is 37.3 Å². The molecule has 0 unspecified atom stereocenters. The summed E-state index contributed by atoms with van der Waals surface area (Å²) in [6.07, 6.45) is 0.993. The zero-order valence-electron chi connectivity index (χ0n) is 13.5. The molecule has 1 saturated heterocycles. The Morgan fingerprint density at radius 3 is 2.71 bits per heavy atom. The van der Waals surface area contributed by atoms with Gasteiger partial charge >= 0.3 is 0 Å². The van der Waals surface area contributed by atoms with Crippen LogP contribution in [0.15, 0.2) is 30.3 Å². The Bertz CT molecular complexity index is 721. The highest BCUT2D eigenvalue weighted by Gasteiger charge is 2.30. The molecule has 1 aliphatic heterocycles. The number of carbonyl (C=O) groups is 1. The van der Waals surface area contributed by atoms with Crippen LogP contribution in [0.3, 0.4) is 0 Å². The minimum atomic E-state index is -0.928. The van der Waals surface area contributed by atoms with E-state index in [1.807, 2.05) is 6.92 Å². The first-order valence-corrected chi connectivity index (χ1v) is 7.88. The summed E-state index contributed by atoms with van der Waals surface area (Å²) < 4.78 is 19.8. The molecule has 2 N–H and O–H groups in total. The maximum atomic E-state index is 13.0. The largest absolute Gasteiger partial charge is 0.388 e. The van der Waals surface area contributed by atoms with E-state index in [-0.39, 0.29) is 24.0 Å². The third kappa shape index (κ3) is 3.63. The van der Waals surface area contributed by atoms with Gasteiger partial charge in [0.2, 0.25) is 0 Å². The second-order valence-corrected chi connectivity index (χ2v) is 6.08. The van der Waals surface area contributed by atoms with Crippen LogP contribution in [-0.4, -0.2) is 46.2 Å². The van der Waals surface area contributed by atoms with Crippen LogP contribution in [0.25, 0.3) is 5.69 Å². The third-order valence-corrected chi connectivity index (χ3v) is 4.19. The van der Waals surface area contributed by atoms with Gasteiger partial charge in [-0.1, -0.05) is 0 Å². The minimum absolute atomic E-state index is 0.164. The first-order valence-electron chi connectivity index (χ1n) is 7.88. The van der Waals surface area contributed by atoms with Crippen LogP contribution in [-0.2, 0) is 4.74 Å². The number of aromatic nitrogens is 2. The summed E-state index contributed by atoms with van der Waals surface area (Å²) in [6.45, 7) is 2.96. The number of halogens is 1. The van der Waals surface area contributed by atoms with E-state index in [0.29, 0.717) is 31.7 Å². The van der Waals surface area contributed by atoms with Crippen molar-refractivity contribution in [2.45, 2.75) is 25.4 Å². The molecule has 128 valence electrons. The molecular weight excluding hydrogens is 313 g/mol. The number of hydrogen-bond acceptors (Lipinski definition) is 4. The Morgan fingerprint density at radius 1 is 1.38 bits per heavy atom. The van der Waals surface area contributed by atoms with Crippen LogP contribution < -0.4 is 5.32 Å². The van der Waals surface area contributed by atoms with Crippen LogP contribution in [0.4, 0.5) is 4.39 Å². The topological polar surface area (TPSA) is 76.4 Å². The molecule has 0 bridgehead atoms. The van der Waals surface area contributed by atoms with Gasteiger partial charge < -0.3 is 15.2 Å². The van der Waals surface area contributed by atoms with Gasteiger partial charge in [0, 0.05) is 38.3 Å².